The van der Waals surface area contributed by atoms with E-state index < -0.39 is 23.8 Å². The van der Waals surface area contributed by atoms with E-state index >= 15 is 0 Å². The SMILES string of the molecule is CC(C(=O)NCc1nn(C)c(Cl)c1Cl)n1nc(C(F)(F)F)c2c1CCC2. The third-order valence-corrected chi connectivity index (χ3v) is 5.32. The third-order valence-electron chi connectivity index (χ3n) is 4.39. The number of aromatic nitrogens is 4. The molecule has 3 rings (SSSR count). The van der Waals surface area contributed by atoms with Crippen molar-refractivity contribution in [1.29, 1.82) is 0 Å². The molecule has 2 aromatic heterocycles. The molecule has 0 aliphatic heterocycles. The van der Waals surface area contributed by atoms with Gasteiger partial charge in [-0.15, -0.1) is 0 Å². The van der Waals surface area contributed by atoms with E-state index in [1.54, 1.807) is 7.05 Å². The average molecular weight is 410 g/mol. The first kappa shape index (κ1) is 19.0. The highest BCUT2D eigenvalue weighted by molar-refractivity contribution is 6.41. The highest BCUT2D eigenvalue weighted by atomic mass is 35.5. The van der Waals surface area contributed by atoms with Gasteiger partial charge in [0.1, 0.15) is 21.9 Å². The van der Waals surface area contributed by atoms with Crippen LogP contribution in [0.4, 0.5) is 13.2 Å². The molecular weight excluding hydrogens is 394 g/mol. The van der Waals surface area contributed by atoms with Crippen LogP contribution in [0.5, 0.6) is 0 Å². The zero-order valence-corrected chi connectivity index (χ0v) is 15.5. The summed E-state index contributed by atoms with van der Waals surface area (Å²) in [5.74, 6) is -0.478. The molecule has 26 heavy (non-hydrogen) atoms. The fourth-order valence-electron chi connectivity index (χ4n) is 3.08. The Bertz CT molecular complexity index is 859. The van der Waals surface area contributed by atoms with E-state index in [0.29, 0.717) is 30.7 Å². The molecule has 1 atom stereocenters. The zero-order valence-electron chi connectivity index (χ0n) is 14.0. The van der Waals surface area contributed by atoms with Gasteiger partial charge in [-0.1, -0.05) is 23.2 Å². The molecule has 0 spiro atoms. The van der Waals surface area contributed by atoms with Crippen molar-refractivity contribution >= 4 is 29.1 Å². The second-order valence-electron chi connectivity index (χ2n) is 6.14. The molecule has 11 heteroatoms. The number of hydrogen-bond donors (Lipinski definition) is 1. The van der Waals surface area contributed by atoms with Crippen LogP contribution in [-0.4, -0.2) is 25.5 Å². The standard InChI is InChI=1S/C15H16Cl2F3N5O/c1-7(14(26)21-6-9-11(16)13(17)24(2)22-9)25-10-5-3-4-8(10)12(23-25)15(18,19)20/h7H,3-6H2,1-2H3,(H,21,26). The molecule has 1 amide bonds. The van der Waals surface area contributed by atoms with E-state index in [-0.39, 0.29) is 22.3 Å². The van der Waals surface area contributed by atoms with Gasteiger partial charge >= 0.3 is 6.18 Å². The Morgan fingerprint density at radius 1 is 1.31 bits per heavy atom. The van der Waals surface area contributed by atoms with Crippen molar-refractivity contribution in [2.45, 2.75) is 44.9 Å². The Hall–Kier alpha value is -1.74. The summed E-state index contributed by atoms with van der Waals surface area (Å²) in [7, 11) is 1.61. The lowest BCUT2D eigenvalue weighted by Crippen LogP contribution is -2.32. The Morgan fingerprint density at radius 2 is 2.00 bits per heavy atom. The topological polar surface area (TPSA) is 64.7 Å². The summed E-state index contributed by atoms with van der Waals surface area (Å²) >= 11 is 11.9. The maximum absolute atomic E-state index is 13.2. The Balaban J connectivity index is 1.78. The predicted octanol–water partition coefficient (Wildman–Crippen LogP) is 3.31. The first-order valence-corrected chi connectivity index (χ1v) is 8.69. The van der Waals surface area contributed by atoms with Gasteiger partial charge in [0.25, 0.3) is 0 Å². The normalized spacial score (nSPS) is 15.2. The molecule has 6 nitrogen and oxygen atoms in total. The fraction of sp³-hybridized carbons (Fsp3) is 0.533. The summed E-state index contributed by atoms with van der Waals surface area (Å²) in [6.07, 6.45) is -3.13. The van der Waals surface area contributed by atoms with Crippen LogP contribution in [0.1, 0.15) is 42.0 Å². The monoisotopic (exact) mass is 409 g/mol. The van der Waals surface area contributed by atoms with Crippen molar-refractivity contribution in [2.75, 3.05) is 0 Å². The molecule has 0 aromatic carbocycles. The van der Waals surface area contributed by atoms with Gasteiger partial charge in [-0.2, -0.15) is 23.4 Å². The van der Waals surface area contributed by atoms with Gasteiger partial charge in [0.15, 0.2) is 5.69 Å². The third kappa shape index (κ3) is 3.29. The molecule has 1 aliphatic carbocycles. The Labute approximate surface area is 157 Å². The summed E-state index contributed by atoms with van der Waals surface area (Å²) in [5, 5.41) is 10.8. The van der Waals surface area contributed by atoms with Crippen LogP contribution in [0, 0.1) is 0 Å². The molecule has 1 unspecified atom stereocenters. The lowest BCUT2D eigenvalue weighted by molar-refractivity contribution is -0.142. The van der Waals surface area contributed by atoms with Crippen LogP contribution in [0.2, 0.25) is 10.2 Å². The van der Waals surface area contributed by atoms with Crippen molar-refractivity contribution < 1.29 is 18.0 Å². The minimum atomic E-state index is -4.53. The van der Waals surface area contributed by atoms with E-state index in [0.717, 1.165) is 0 Å². The van der Waals surface area contributed by atoms with Gasteiger partial charge < -0.3 is 5.32 Å². The van der Waals surface area contributed by atoms with Crippen LogP contribution < -0.4 is 5.32 Å². The van der Waals surface area contributed by atoms with E-state index in [1.165, 1.54) is 16.3 Å². The highest BCUT2D eigenvalue weighted by Gasteiger charge is 2.41. The molecular formula is C15H16Cl2F3N5O. The molecule has 0 bridgehead atoms. The minimum Gasteiger partial charge on any atom is -0.348 e. The molecule has 1 aliphatic rings. The first-order valence-electron chi connectivity index (χ1n) is 7.93. The number of nitrogens with zero attached hydrogens (tertiary/aromatic N) is 4. The number of carbonyl (C=O) groups is 1. The average Bonchev–Trinajstić information content (AvgIpc) is 3.22. The highest BCUT2D eigenvalue weighted by Crippen LogP contribution is 2.37. The zero-order chi connectivity index (χ0) is 19.2. The number of aryl methyl sites for hydroxylation is 1. The summed E-state index contributed by atoms with van der Waals surface area (Å²) in [6, 6.07) is -0.893. The molecule has 0 fully saturated rings. The number of fused-ring (bicyclic) bond motifs is 1. The molecule has 0 saturated carbocycles. The van der Waals surface area contributed by atoms with Crippen LogP contribution in [0.3, 0.4) is 0 Å². The molecule has 1 N–H and O–H groups in total. The van der Waals surface area contributed by atoms with Crippen LogP contribution in [0.25, 0.3) is 0 Å². The minimum absolute atomic E-state index is 0.0121. The van der Waals surface area contributed by atoms with E-state index in [2.05, 4.69) is 15.5 Å². The van der Waals surface area contributed by atoms with Gasteiger partial charge in [-0.05, 0) is 26.2 Å². The van der Waals surface area contributed by atoms with E-state index in [4.69, 9.17) is 23.2 Å². The van der Waals surface area contributed by atoms with Gasteiger partial charge in [-0.3, -0.25) is 14.2 Å². The summed E-state index contributed by atoms with van der Waals surface area (Å²) in [5.41, 5.74) is 0.140. The number of carbonyl (C=O) groups excluding carboxylic acids is 1. The Kier molecular flexibility index (Phi) is 4.96. The first-order chi connectivity index (χ1) is 12.1. The number of nitrogens with one attached hydrogen (secondary N) is 1. The second-order valence-corrected chi connectivity index (χ2v) is 6.87. The van der Waals surface area contributed by atoms with Gasteiger partial charge in [0, 0.05) is 18.3 Å². The summed E-state index contributed by atoms with van der Waals surface area (Å²) < 4.78 is 42.0. The van der Waals surface area contributed by atoms with Crippen molar-refractivity contribution in [2.24, 2.45) is 7.05 Å². The molecule has 2 heterocycles. The van der Waals surface area contributed by atoms with Crippen molar-refractivity contribution in [3.63, 3.8) is 0 Å². The quantitative estimate of drug-likeness (QED) is 0.842. The number of halogens is 5. The number of hydrogen-bond acceptors (Lipinski definition) is 3. The van der Waals surface area contributed by atoms with Crippen LogP contribution in [-0.2, 0) is 37.4 Å². The van der Waals surface area contributed by atoms with Gasteiger partial charge in [0.05, 0.1) is 6.54 Å². The van der Waals surface area contributed by atoms with Crippen LogP contribution in [0.15, 0.2) is 0 Å². The Morgan fingerprint density at radius 3 is 2.58 bits per heavy atom. The molecule has 142 valence electrons. The van der Waals surface area contributed by atoms with E-state index in [1.807, 2.05) is 0 Å². The molecule has 0 saturated heterocycles. The van der Waals surface area contributed by atoms with Crippen LogP contribution >= 0.6 is 23.2 Å². The number of alkyl halides is 3. The largest absolute Gasteiger partial charge is 0.435 e. The number of amides is 1. The molecule has 0 radical (unpaired) electrons. The molecule has 2 aromatic rings. The van der Waals surface area contributed by atoms with Crippen molar-refractivity contribution in [3.05, 3.63) is 32.8 Å². The van der Waals surface area contributed by atoms with E-state index in [9.17, 15) is 18.0 Å². The smallest absolute Gasteiger partial charge is 0.348 e. The maximum atomic E-state index is 13.2. The number of rotatable bonds is 4. The van der Waals surface area contributed by atoms with Gasteiger partial charge in [0.2, 0.25) is 5.91 Å². The maximum Gasteiger partial charge on any atom is 0.435 e. The lowest BCUT2D eigenvalue weighted by atomic mass is 10.2. The van der Waals surface area contributed by atoms with Gasteiger partial charge in [-0.25, -0.2) is 0 Å². The summed E-state index contributed by atoms with van der Waals surface area (Å²) in [4.78, 5) is 12.4. The van der Waals surface area contributed by atoms with Crippen molar-refractivity contribution in [3.8, 4) is 0 Å². The predicted molar refractivity (Wildman–Crippen MR) is 89.0 cm³/mol. The lowest BCUT2D eigenvalue weighted by Gasteiger charge is -2.15. The fourth-order valence-corrected chi connectivity index (χ4v) is 3.46. The second kappa shape index (κ2) is 6.77. The summed E-state index contributed by atoms with van der Waals surface area (Å²) in [6.45, 7) is 1.52. The van der Waals surface area contributed by atoms with Crippen molar-refractivity contribution in [1.82, 2.24) is 24.9 Å².